The summed E-state index contributed by atoms with van der Waals surface area (Å²) >= 11 is 0. The largest absolute Gasteiger partial charge is 0.491 e. The quantitative estimate of drug-likeness (QED) is 0.578. The number of anilines is 1. The molecule has 9 nitrogen and oxygen atoms in total. The third-order valence-electron chi connectivity index (χ3n) is 6.07. The third kappa shape index (κ3) is 4.43. The van der Waals surface area contributed by atoms with Crippen LogP contribution < -0.4 is 20.9 Å². The van der Waals surface area contributed by atoms with E-state index >= 15 is 0 Å². The molecule has 1 fully saturated rings. The summed E-state index contributed by atoms with van der Waals surface area (Å²) in [4.78, 5) is 34.0. The molecule has 1 saturated heterocycles. The van der Waals surface area contributed by atoms with Crippen LogP contribution in [0.25, 0.3) is 11.2 Å². The van der Waals surface area contributed by atoms with Crippen molar-refractivity contribution in [2.24, 2.45) is 13.0 Å². The van der Waals surface area contributed by atoms with E-state index in [-0.39, 0.29) is 18.7 Å². The molecule has 2 aromatic heterocycles. The van der Waals surface area contributed by atoms with E-state index in [1.807, 2.05) is 24.3 Å². The predicted octanol–water partition coefficient (Wildman–Crippen LogP) is 1.66. The molecule has 0 bridgehead atoms. The van der Waals surface area contributed by atoms with Crippen LogP contribution in [0.3, 0.4) is 0 Å². The molecule has 9 heteroatoms. The van der Waals surface area contributed by atoms with Gasteiger partial charge in [-0.3, -0.25) is 14.3 Å². The van der Waals surface area contributed by atoms with E-state index in [2.05, 4.69) is 28.7 Å². The fourth-order valence-electron chi connectivity index (χ4n) is 4.32. The number of benzene rings is 1. The maximum absolute atomic E-state index is 12.7. The molecule has 172 valence electrons. The first-order valence-corrected chi connectivity index (χ1v) is 11.2. The normalized spacial score (nSPS) is 17.6. The number of hydrogen-bond donors (Lipinski definition) is 2. The van der Waals surface area contributed by atoms with E-state index in [4.69, 9.17) is 4.74 Å². The molecule has 0 saturated carbocycles. The highest BCUT2D eigenvalue weighted by atomic mass is 16.5. The van der Waals surface area contributed by atoms with E-state index < -0.39 is 17.4 Å². The molecular formula is C23H31N5O4. The van der Waals surface area contributed by atoms with Crippen LogP contribution in [0.5, 0.6) is 5.75 Å². The summed E-state index contributed by atoms with van der Waals surface area (Å²) in [7, 11) is 1.58. The SMILES string of the molecule is CCc1cccc(OCC(O)Cn2c(N3CCCC(C)C3)nc3c2c(=O)[nH]c(=O)n3C)c1. The molecule has 2 atom stereocenters. The van der Waals surface area contributed by atoms with E-state index in [0.717, 1.165) is 37.9 Å². The van der Waals surface area contributed by atoms with Crippen molar-refractivity contribution in [1.29, 1.82) is 0 Å². The van der Waals surface area contributed by atoms with Gasteiger partial charge >= 0.3 is 5.69 Å². The van der Waals surface area contributed by atoms with Crippen LogP contribution >= 0.6 is 0 Å². The van der Waals surface area contributed by atoms with Crippen molar-refractivity contribution in [3.8, 4) is 5.75 Å². The minimum absolute atomic E-state index is 0.0757. The minimum Gasteiger partial charge on any atom is -0.491 e. The highest BCUT2D eigenvalue weighted by molar-refractivity contribution is 5.74. The fraction of sp³-hybridized carbons (Fsp3) is 0.522. The summed E-state index contributed by atoms with van der Waals surface area (Å²) < 4.78 is 8.87. The number of nitrogens with zero attached hydrogens (tertiary/aromatic N) is 4. The Morgan fingerprint density at radius 1 is 1.34 bits per heavy atom. The van der Waals surface area contributed by atoms with Gasteiger partial charge in [-0.15, -0.1) is 0 Å². The van der Waals surface area contributed by atoms with E-state index in [1.54, 1.807) is 11.6 Å². The summed E-state index contributed by atoms with van der Waals surface area (Å²) in [5, 5.41) is 10.8. The van der Waals surface area contributed by atoms with Gasteiger partial charge in [0.15, 0.2) is 11.2 Å². The molecule has 2 unspecified atom stereocenters. The second-order valence-corrected chi connectivity index (χ2v) is 8.67. The van der Waals surface area contributed by atoms with Crippen LogP contribution in [-0.2, 0) is 20.0 Å². The Morgan fingerprint density at radius 3 is 2.91 bits per heavy atom. The molecular weight excluding hydrogens is 410 g/mol. The van der Waals surface area contributed by atoms with Gasteiger partial charge in [-0.1, -0.05) is 26.0 Å². The maximum atomic E-state index is 12.7. The molecule has 0 amide bonds. The first kappa shape index (κ1) is 22.1. The zero-order valence-electron chi connectivity index (χ0n) is 18.9. The number of aryl methyl sites for hydroxylation is 2. The van der Waals surface area contributed by atoms with E-state index in [0.29, 0.717) is 23.3 Å². The molecule has 3 heterocycles. The molecule has 0 radical (unpaired) electrons. The number of nitrogens with one attached hydrogen (secondary N) is 1. The van der Waals surface area contributed by atoms with Gasteiger partial charge in [0.2, 0.25) is 5.95 Å². The van der Waals surface area contributed by atoms with Crippen LogP contribution in [0.15, 0.2) is 33.9 Å². The molecule has 2 N–H and O–H groups in total. The lowest BCUT2D eigenvalue weighted by Crippen LogP contribution is -2.37. The number of H-pyrrole nitrogens is 1. The lowest BCUT2D eigenvalue weighted by Gasteiger charge is -2.32. The van der Waals surface area contributed by atoms with Crippen molar-refractivity contribution in [2.75, 3.05) is 24.6 Å². The van der Waals surface area contributed by atoms with Crippen molar-refractivity contribution in [1.82, 2.24) is 19.1 Å². The molecule has 3 aromatic rings. The van der Waals surface area contributed by atoms with Crippen molar-refractivity contribution >= 4 is 17.1 Å². The van der Waals surface area contributed by atoms with Crippen LogP contribution in [0.4, 0.5) is 5.95 Å². The Bertz CT molecular complexity index is 1210. The van der Waals surface area contributed by atoms with Gasteiger partial charge in [0.05, 0.1) is 6.54 Å². The average Bonchev–Trinajstić information content (AvgIpc) is 3.16. The smallest absolute Gasteiger partial charge is 0.329 e. The van der Waals surface area contributed by atoms with Crippen LogP contribution in [-0.4, -0.2) is 50.0 Å². The topological polar surface area (TPSA) is 105 Å². The van der Waals surface area contributed by atoms with Gasteiger partial charge in [0, 0.05) is 20.1 Å². The monoisotopic (exact) mass is 441 g/mol. The number of aromatic amines is 1. The summed E-state index contributed by atoms with van der Waals surface area (Å²) in [6, 6.07) is 7.78. The first-order chi connectivity index (χ1) is 15.4. The molecule has 0 aliphatic carbocycles. The number of rotatable bonds is 7. The Hall–Kier alpha value is -3.07. The zero-order valence-corrected chi connectivity index (χ0v) is 18.9. The Labute approximate surface area is 186 Å². The number of imidazole rings is 1. The van der Waals surface area contributed by atoms with Crippen LogP contribution in [0.2, 0.25) is 0 Å². The lowest BCUT2D eigenvalue weighted by molar-refractivity contribution is 0.0935. The number of hydrogen-bond acceptors (Lipinski definition) is 6. The molecule has 1 aromatic carbocycles. The summed E-state index contributed by atoms with van der Waals surface area (Å²) in [6.45, 7) is 6.10. The minimum atomic E-state index is -0.865. The Balaban J connectivity index is 1.65. The van der Waals surface area contributed by atoms with E-state index in [1.165, 1.54) is 4.57 Å². The molecule has 32 heavy (non-hydrogen) atoms. The van der Waals surface area contributed by atoms with Gasteiger partial charge in [0.25, 0.3) is 5.56 Å². The number of fused-ring (bicyclic) bond motifs is 1. The van der Waals surface area contributed by atoms with Gasteiger partial charge in [-0.25, -0.2) is 4.79 Å². The average molecular weight is 442 g/mol. The number of ether oxygens (including phenoxy) is 1. The highest BCUT2D eigenvalue weighted by Gasteiger charge is 2.26. The van der Waals surface area contributed by atoms with Crippen molar-refractivity contribution in [3.05, 3.63) is 50.7 Å². The second-order valence-electron chi connectivity index (χ2n) is 8.67. The van der Waals surface area contributed by atoms with Crippen LogP contribution in [0, 0.1) is 5.92 Å². The number of aliphatic hydroxyl groups excluding tert-OH is 1. The van der Waals surface area contributed by atoms with Gasteiger partial charge in [-0.2, -0.15) is 4.98 Å². The Kier molecular flexibility index (Phi) is 6.36. The molecule has 0 spiro atoms. The van der Waals surface area contributed by atoms with Gasteiger partial charge in [-0.05, 0) is 42.9 Å². The van der Waals surface area contributed by atoms with Crippen molar-refractivity contribution in [2.45, 2.75) is 45.8 Å². The second kappa shape index (κ2) is 9.20. The predicted molar refractivity (Wildman–Crippen MR) is 124 cm³/mol. The molecule has 1 aliphatic heterocycles. The highest BCUT2D eigenvalue weighted by Crippen LogP contribution is 2.25. The Morgan fingerprint density at radius 2 is 2.16 bits per heavy atom. The van der Waals surface area contributed by atoms with Gasteiger partial charge in [0.1, 0.15) is 18.5 Å². The third-order valence-corrected chi connectivity index (χ3v) is 6.07. The fourth-order valence-corrected chi connectivity index (χ4v) is 4.32. The van der Waals surface area contributed by atoms with Crippen molar-refractivity contribution in [3.63, 3.8) is 0 Å². The maximum Gasteiger partial charge on any atom is 0.329 e. The van der Waals surface area contributed by atoms with E-state index in [9.17, 15) is 14.7 Å². The summed E-state index contributed by atoms with van der Waals surface area (Å²) in [5.74, 6) is 1.80. The molecule has 4 rings (SSSR count). The van der Waals surface area contributed by atoms with Crippen molar-refractivity contribution < 1.29 is 9.84 Å². The van der Waals surface area contributed by atoms with Gasteiger partial charge < -0.3 is 19.3 Å². The number of aliphatic hydroxyl groups is 1. The summed E-state index contributed by atoms with van der Waals surface area (Å²) in [6.07, 6.45) is 2.21. The molecule has 1 aliphatic rings. The standard InChI is InChI=1S/C23H31N5O4/c1-4-16-8-5-9-18(11-16)32-14-17(29)13-28-19-20(26(3)23(31)25-21(19)30)24-22(28)27-10-6-7-15(2)12-27/h5,8-9,11,15,17,29H,4,6-7,10,12-14H2,1-3H3,(H,25,30,31). The lowest BCUT2D eigenvalue weighted by atomic mass is 10.0. The van der Waals surface area contributed by atoms with Crippen LogP contribution in [0.1, 0.15) is 32.3 Å². The number of aromatic nitrogens is 4. The summed E-state index contributed by atoms with van der Waals surface area (Å²) in [5.41, 5.74) is 0.746. The zero-order chi connectivity index (χ0) is 22.8. The number of piperidine rings is 1. The first-order valence-electron chi connectivity index (χ1n) is 11.2.